The Morgan fingerprint density at radius 2 is 1.74 bits per heavy atom. The van der Waals surface area contributed by atoms with E-state index in [2.05, 4.69) is 49.4 Å². The summed E-state index contributed by atoms with van der Waals surface area (Å²) in [5.74, 6) is 0.506. The Kier molecular flexibility index (Phi) is 4.94. The van der Waals surface area contributed by atoms with Crippen LogP contribution < -0.4 is 0 Å². The zero-order chi connectivity index (χ0) is 13.7. The van der Waals surface area contributed by atoms with Crippen molar-refractivity contribution in [1.29, 1.82) is 0 Å². The molecule has 0 aliphatic carbocycles. The first-order chi connectivity index (χ1) is 9.20. The Labute approximate surface area is 114 Å². The largest absolute Gasteiger partial charge is 0.394 e. The Morgan fingerprint density at radius 1 is 1.00 bits per heavy atom. The summed E-state index contributed by atoms with van der Waals surface area (Å²) in [6, 6.07) is 14.9. The van der Waals surface area contributed by atoms with Crippen LogP contribution in [0, 0.1) is 5.92 Å². The fourth-order valence-electron chi connectivity index (χ4n) is 2.52. The van der Waals surface area contributed by atoms with E-state index in [4.69, 9.17) is 5.11 Å². The molecule has 2 N–H and O–H groups in total. The molecule has 2 aromatic carbocycles. The van der Waals surface area contributed by atoms with Crippen LogP contribution in [0.5, 0.6) is 0 Å². The van der Waals surface area contributed by atoms with Crippen LogP contribution in [-0.4, -0.2) is 22.9 Å². The van der Waals surface area contributed by atoms with Crippen molar-refractivity contribution in [3.05, 3.63) is 48.0 Å². The summed E-state index contributed by atoms with van der Waals surface area (Å²) < 4.78 is 0. The second-order valence-corrected chi connectivity index (χ2v) is 5.36. The molecule has 0 aliphatic rings. The van der Waals surface area contributed by atoms with Gasteiger partial charge in [-0.25, -0.2) is 0 Å². The van der Waals surface area contributed by atoms with Gasteiger partial charge in [0.2, 0.25) is 0 Å². The number of hydrogen-bond donors (Lipinski definition) is 2. The highest BCUT2D eigenvalue weighted by atomic mass is 16.3. The molecule has 0 saturated heterocycles. The van der Waals surface area contributed by atoms with E-state index < -0.39 is 6.10 Å². The summed E-state index contributed by atoms with van der Waals surface area (Å²) in [7, 11) is 0. The first kappa shape index (κ1) is 14.0. The van der Waals surface area contributed by atoms with Crippen LogP contribution in [0.25, 0.3) is 10.8 Å². The highest BCUT2D eigenvalue weighted by Gasteiger charge is 2.09. The molecular weight excluding hydrogens is 236 g/mol. The number of fused-ring (bicyclic) bond motifs is 1. The maximum Gasteiger partial charge on any atom is 0.0771 e. The molecule has 0 unspecified atom stereocenters. The molecule has 19 heavy (non-hydrogen) atoms. The van der Waals surface area contributed by atoms with Crippen molar-refractivity contribution in [2.45, 2.75) is 32.3 Å². The molecule has 2 rings (SSSR count). The van der Waals surface area contributed by atoms with Crippen molar-refractivity contribution < 1.29 is 10.2 Å². The molecular formula is C17H22O2. The second-order valence-electron chi connectivity index (χ2n) is 5.36. The standard InChI is InChI=1S/C17H22O2/c1-13(9-10-16(19)12-18)11-15-7-4-6-14-5-2-3-8-17(14)15/h2-8,13,16,18-19H,9-12H2,1H3/t13-,16-/m0/s1. The number of aliphatic hydroxyl groups is 2. The van der Waals surface area contributed by atoms with Crippen molar-refractivity contribution in [3.63, 3.8) is 0 Å². The lowest BCUT2D eigenvalue weighted by Crippen LogP contribution is -2.13. The van der Waals surface area contributed by atoms with E-state index in [1.807, 2.05) is 0 Å². The summed E-state index contributed by atoms with van der Waals surface area (Å²) in [4.78, 5) is 0. The lowest BCUT2D eigenvalue weighted by Gasteiger charge is -2.15. The van der Waals surface area contributed by atoms with Gasteiger partial charge >= 0.3 is 0 Å². The zero-order valence-corrected chi connectivity index (χ0v) is 11.4. The van der Waals surface area contributed by atoms with Crippen molar-refractivity contribution in [2.24, 2.45) is 5.92 Å². The minimum atomic E-state index is -0.574. The maximum absolute atomic E-state index is 9.39. The van der Waals surface area contributed by atoms with Gasteiger partial charge in [-0.05, 0) is 41.5 Å². The smallest absolute Gasteiger partial charge is 0.0771 e. The summed E-state index contributed by atoms with van der Waals surface area (Å²) in [5.41, 5.74) is 1.36. The second kappa shape index (κ2) is 6.69. The van der Waals surface area contributed by atoms with Gasteiger partial charge in [-0.3, -0.25) is 0 Å². The van der Waals surface area contributed by atoms with Gasteiger partial charge in [0.05, 0.1) is 12.7 Å². The first-order valence-electron chi connectivity index (χ1n) is 6.96. The van der Waals surface area contributed by atoms with Gasteiger partial charge in [-0.1, -0.05) is 49.4 Å². The van der Waals surface area contributed by atoms with Crippen molar-refractivity contribution >= 4 is 10.8 Å². The van der Waals surface area contributed by atoms with E-state index in [1.165, 1.54) is 16.3 Å². The summed E-state index contributed by atoms with van der Waals surface area (Å²) in [6.45, 7) is 2.06. The Morgan fingerprint density at radius 3 is 2.53 bits per heavy atom. The SMILES string of the molecule is C[C@@H](CC[C@H](O)CO)Cc1cccc2ccccc12. The first-order valence-corrected chi connectivity index (χ1v) is 6.96. The average molecular weight is 258 g/mol. The molecule has 0 spiro atoms. The topological polar surface area (TPSA) is 40.5 Å². The average Bonchev–Trinajstić information content (AvgIpc) is 2.45. The molecule has 0 bridgehead atoms. The van der Waals surface area contributed by atoms with Gasteiger partial charge in [0.15, 0.2) is 0 Å². The maximum atomic E-state index is 9.39. The molecule has 2 atom stereocenters. The molecule has 0 amide bonds. The molecule has 0 radical (unpaired) electrons. The van der Waals surface area contributed by atoms with Crippen LogP contribution in [0.4, 0.5) is 0 Å². The van der Waals surface area contributed by atoms with Crippen molar-refractivity contribution in [2.75, 3.05) is 6.61 Å². The number of rotatable bonds is 6. The van der Waals surface area contributed by atoms with E-state index in [-0.39, 0.29) is 6.61 Å². The molecule has 2 nitrogen and oxygen atoms in total. The minimum absolute atomic E-state index is 0.138. The van der Waals surface area contributed by atoms with Crippen LogP contribution in [0.1, 0.15) is 25.3 Å². The van der Waals surface area contributed by atoms with Gasteiger partial charge in [0.25, 0.3) is 0 Å². The summed E-state index contributed by atoms with van der Waals surface area (Å²) in [6.07, 6.45) is 2.04. The Balaban J connectivity index is 2.04. The minimum Gasteiger partial charge on any atom is -0.394 e. The molecule has 0 fully saturated rings. The number of benzene rings is 2. The van der Waals surface area contributed by atoms with E-state index in [9.17, 15) is 5.11 Å². The van der Waals surface area contributed by atoms with Crippen LogP contribution >= 0.6 is 0 Å². The summed E-state index contributed by atoms with van der Waals surface area (Å²) in [5, 5.41) is 20.8. The Bertz CT molecular complexity index is 516. The molecule has 0 aromatic heterocycles. The summed E-state index contributed by atoms with van der Waals surface area (Å²) >= 11 is 0. The third-order valence-electron chi connectivity index (χ3n) is 3.65. The van der Waals surface area contributed by atoms with Crippen LogP contribution in [0.2, 0.25) is 0 Å². The lowest BCUT2D eigenvalue weighted by atomic mass is 9.92. The third-order valence-corrected chi connectivity index (χ3v) is 3.65. The highest BCUT2D eigenvalue weighted by molar-refractivity contribution is 5.85. The van der Waals surface area contributed by atoms with Gasteiger partial charge in [-0.2, -0.15) is 0 Å². The highest BCUT2D eigenvalue weighted by Crippen LogP contribution is 2.23. The van der Waals surface area contributed by atoms with Crippen LogP contribution in [0.3, 0.4) is 0 Å². The normalized spacial score (nSPS) is 14.5. The molecule has 0 heterocycles. The van der Waals surface area contributed by atoms with E-state index in [1.54, 1.807) is 0 Å². The zero-order valence-electron chi connectivity index (χ0n) is 11.4. The van der Waals surface area contributed by atoms with Gasteiger partial charge < -0.3 is 10.2 Å². The Hall–Kier alpha value is -1.38. The van der Waals surface area contributed by atoms with Crippen LogP contribution in [0.15, 0.2) is 42.5 Å². The van der Waals surface area contributed by atoms with Crippen LogP contribution in [-0.2, 0) is 6.42 Å². The van der Waals surface area contributed by atoms with Crippen molar-refractivity contribution in [3.8, 4) is 0 Å². The monoisotopic (exact) mass is 258 g/mol. The molecule has 0 saturated carbocycles. The molecule has 2 heteroatoms. The van der Waals surface area contributed by atoms with E-state index >= 15 is 0 Å². The van der Waals surface area contributed by atoms with Gasteiger partial charge in [0, 0.05) is 0 Å². The predicted molar refractivity (Wildman–Crippen MR) is 79.1 cm³/mol. The molecule has 0 aliphatic heterocycles. The van der Waals surface area contributed by atoms with Gasteiger partial charge in [-0.15, -0.1) is 0 Å². The third kappa shape index (κ3) is 3.79. The molecule has 2 aromatic rings. The molecule has 102 valence electrons. The quantitative estimate of drug-likeness (QED) is 0.835. The predicted octanol–water partition coefficient (Wildman–Crippen LogP) is 3.15. The number of hydrogen-bond acceptors (Lipinski definition) is 2. The number of aliphatic hydroxyl groups excluding tert-OH is 2. The van der Waals surface area contributed by atoms with Crippen molar-refractivity contribution in [1.82, 2.24) is 0 Å². The fourth-order valence-corrected chi connectivity index (χ4v) is 2.52. The van der Waals surface area contributed by atoms with E-state index in [0.29, 0.717) is 12.3 Å². The van der Waals surface area contributed by atoms with Gasteiger partial charge in [0.1, 0.15) is 0 Å². The van der Waals surface area contributed by atoms with E-state index in [0.717, 1.165) is 12.8 Å². The fraction of sp³-hybridized carbons (Fsp3) is 0.412. The lowest BCUT2D eigenvalue weighted by molar-refractivity contribution is 0.0831.